The van der Waals surface area contributed by atoms with Gasteiger partial charge in [-0.15, -0.1) is 0 Å². The van der Waals surface area contributed by atoms with Gasteiger partial charge in [0, 0.05) is 50.9 Å². The highest BCUT2D eigenvalue weighted by molar-refractivity contribution is 7.63. The van der Waals surface area contributed by atoms with E-state index in [1.807, 2.05) is 0 Å². The molecule has 7 saturated carbocycles. The molecule has 6 saturated heterocycles. The quantitative estimate of drug-likeness (QED) is 0.231. The van der Waals surface area contributed by atoms with E-state index in [0.717, 1.165) is 17.0 Å². The van der Waals surface area contributed by atoms with Gasteiger partial charge >= 0.3 is 0 Å². The lowest BCUT2D eigenvalue weighted by Gasteiger charge is -2.72. The molecule has 9 heteroatoms. The molecular formula is C42H63O6P3. The summed E-state index contributed by atoms with van der Waals surface area (Å²) in [5.41, 5.74) is 5.98. The third-order valence-corrected chi connectivity index (χ3v) is 29.5. The summed E-state index contributed by atoms with van der Waals surface area (Å²) in [6, 6.07) is 0. The number of ether oxygens (including phenoxy) is 6. The largest absolute Gasteiger partial charge is 0.374 e. The smallest absolute Gasteiger partial charge is 0.0764 e. The van der Waals surface area contributed by atoms with E-state index in [9.17, 15) is 0 Å². The fourth-order valence-electron chi connectivity index (χ4n) is 15.9. The molecule has 6 nitrogen and oxygen atoms in total. The van der Waals surface area contributed by atoms with Gasteiger partial charge in [-0.2, -0.15) is 0 Å². The van der Waals surface area contributed by atoms with E-state index in [0.29, 0.717) is 107 Å². The fraction of sp³-hybridized carbons (Fsp3) is 1.00. The van der Waals surface area contributed by atoms with Crippen LogP contribution in [0.1, 0.15) is 135 Å². The van der Waals surface area contributed by atoms with Crippen molar-refractivity contribution in [3.63, 3.8) is 0 Å². The summed E-state index contributed by atoms with van der Waals surface area (Å²) in [4.78, 5) is 0. The highest BCUT2D eigenvalue weighted by atomic mass is 31.1. The highest BCUT2D eigenvalue weighted by Gasteiger charge is 2.73. The van der Waals surface area contributed by atoms with Crippen LogP contribution in [0, 0.1) is 0 Å². The van der Waals surface area contributed by atoms with Crippen LogP contribution < -0.4 is 0 Å². The predicted octanol–water partition coefficient (Wildman–Crippen LogP) is 8.64. The minimum Gasteiger partial charge on any atom is -0.374 e. The topological polar surface area (TPSA) is 55.4 Å². The Morgan fingerprint density at radius 1 is 0.235 bits per heavy atom. The number of fused-ring (bicyclic) bond motifs is 15. The third-order valence-electron chi connectivity index (χ3n) is 17.5. The van der Waals surface area contributed by atoms with Gasteiger partial charge in [0.2, 0.25) is 0 Å². The molecule has 6 aliphatic heterocycles. The molecule has 0 radical (unpaired) electrons. The molecule has 7 aliphatic carbocycles. The zero-order chi connectivity index (χ0) is 32.9. The molecule has 13 rings (SSSR count). The molecule has 0 amide bonds. The monoisotopic (exact) mass is 756 g/mol. The normalized spacial score (nSPS) is 63.5. The predicted molar refractivity (Wildman–Crippen MR) is 204 cm³/mol. The number of hydrogen-bond donors (Lipinski definition) is 0. The molecule has 18 unspecified atom stereocenters. The molecule has 0 bridgehead atoms. The van der Waals surface area contributed by atoms with Crippen LogP contribution in [-0.2, 0) is 28.4 Å². The van der Waals surface area contributed by atoms with Gasteiger partial charge in [-0.25, -0.2) is 0 Å². The average Bonchev–Trinajstić information content (AvgIpc) is 3.17. The Morgan fingerprint density at radius 3 is 0.804 bits per heavy atom. The van der Waals surface area contributed by atoms with Gasteiger partial charge in [-0.1, -0.05) is 62.3 Å². The van der Waals surface area contributed by atoms with Gasteiger partial charge in [0.05, 0.1) is 73.2 Å². The maximum Gasteiger partial charge on any atom is 0.0764 e. The summed E-state index contributed by atoms with van der Waals surface area (Å²) in [6.07, 6.45) is 33.0. The number of hydrogen-bond acceptors (Lipinski definition) is 6. The summed E-state index contributed by atoms with van der Waals surface area (Å²) >= 11 is 0. The summed E-state index contributed by atoms with van der Waals surface area (Å²) in [7, 11) is -0.777. The first-order valence-corrected chi connectivity index (χ1v) is 27.2. The zero-order valence-corrected chi connectivity index (χ0v) is 33.4. The van der Waals surface area contributed by atoms with Crippen molar-refractivity contribution in [2.24, 2.45) is 0 Å². The maximum absolute atomic E-state index is 7.96. The van der Waals surface area contributed by atoms with Gasteiger partial charge in [-0.05, 0) is 96.3 Å². The van der Waals surface area contributed by atoms with Crippen LogP contribution >= 0.6 is 23.8 Å². The molecule has 0 aromatic heterocycles. The molecule has 0 aromatic rings. The molecule has 0 aromatic carbocycles. The minimum atomic E-state index is -0.259. The van der Waals surface area contributed by atoms with E-state index in [1.165, 1.54) is 135 Å². The van der Waals surface area contributed by atoms with E-state index in [2.05, 4.69) is 0 Å². The Bertz CT molecular complexity index is 1190. The lowest BCUT2D eigenvalue weighted by atomic mass is 9.84. The van der Waals surface area contributed by atoms with Crippen LogP contribution in [-0.4, -0.2) is 124 Å². The van der Waals surface area contributed by atoms with Crippen molar-refractivity contribution in [3.8, 4) is 0 Å². The van der Waals surface area contributed by atoms with E-state index in [4.69, 9.17) is 28.4 Å². The Kier molecular flexibility index (Phi) is 8.28. The number of rotatable bonds is 0. The van der Waals surface area contributed by atoms with Gasteiger partial charge in [-0.3, -0.25) is 0 Å². The molecule has 18 atom stereocenters. The van der Waals surface area contributed by atoms with Crippen LogP contribution in [0.2, 0.25) is 0 Å². The Labute approximate surface area is 310 Å². The van der Waals surface area contributed by atoms with Crippen LogP contribution in [0.3, 0.4) is 0 Å². The van der Waals surface area contributed by atoms with Crippen molar-refractivity contribution in [2.45, 2.75) is 259 Å². The Hall–Kier alpha value is 1.05. The SMILES string of the molecule is C1CCC2C(C1)OC1CCCC3OC4C(C5OC6CCCC7OC8CCCCC8P(C76)C5C5OC6CCCC7OC8CCCCC8P(C76)C45)P2C13. The zero-order valence-electron chi connectivity index (χ0n) is 30.8. The second kappa shape index (κ2) is 12.8. The first-order valence-electron chi connectivity index (χ1n) is 22.6. The van der Waals surface area contributed by atoms with E-state index in [1.54, 1.807) is 0 Å². The molecule has 13 fully saturated rings. The van der Waals surface area contributed by atoms with E-state index < -0.39 is 0 Å². The first kappa shape index (κ1) is 33.1. The van der Waals surface area contributed by atoms with Crippen molar-refractivity contribution >= 4 is 23.8 Å². The van der Waals surface area contributed by atoms with E-state index in [-0.39, 0.29) is 23.8 Å². The van der Waals surface area contributed by atoms with Crippen molar-refractivity contribution in [2.75, 3.05) is 0 Å². The first-order chi connectivity index (χ1) is 25.3. The molecule has 282 valence electrons. The summed E-state index contributed by atoms with van der Waals surface area (Å²) in [6.45, 7) is 0. The molecule has 0 spiro atoms. The van der Waals surface area contributed by atoms with Gasteiger partial charge in [0.25, 0.3) is 0 Å². The lowest BCUT2D eigenvalue weighted by molar-refractivity contribution is -0.189. The van der Waals surface area contributed by atoms with Crippen molar-refractivity contribution in [3.05, 3.63) is 0 Å². The van der Waals surface area contributed by atoms with Gasteiger partial charge in [0.1, 0.15) is 0 Å². The van der Waals surface area contributed by atoms with Crippen molar-refractivity contribution in [1.82, 2.24) is 0 Å². The second-order valence-corrected chi connectivity index (χ2v) is 27.9. The van der Waals surface area contributed by atoms with Crippen LogP contribution in [0.15, 0.2) is 0 Å². The molecule has 51 heavy (non-hydrogen) atoms. The minimum absolute atomic E-state index is 0.259. The van der Waals surface area contributed by atoms with Gasteiger partial charge < -0.3 is 28.4 Å². The van der Waals surface area contributed by atoms with E-state index >= 15 is 0 Å². The second-order valence-electron chi connectivity index (χ2n) is 19.7. The highest BCUT2D eigenvalue weighted by Crippen LogP contribution is 2.79. The lowest BCUT2D eigenvalue weighted by Crippen LogP contribution is -2.76. The van der Waals surface area contributed by atoms with Crippen molar-refractivity contribution in [1.29, 1.82) is 0 Å². The summed E-state index contributed by atoms with van der Waals surface area (Å²) < 4.78 is 45.6. The summed E-state index contributed by atoms with van der Waals surface area (Å²) in [5.74, 6) is 0. The van der Waals surface area contributed by atoms with Crippen LogP contribution in [0.5, 0.6) is 0 Å². The fourth-order valence-corrected chi connectivity index (χ4v) is 30.6. The Balaban J connectivity index is 1.00. The maximum atomic E-state index is 7.96. The summed E-state index contributed by atoms with van der Waals surface area (Å²) in [5, 5.41) is 0. The van der Waals surface area contributed by atoms with Crippen LogP contribution in [0.4, 0.5) is 0 Å². The average molecular weight is 757 g/mol. The molecular weight excluding hydrogens is 693 g/mol. The molecule has 0 N–H and O–H groups in total. The van der Waals surface area contributed by atoms with Gasteiger partial charge in [0.15, 0.2) is 0 Å². The molecule has 6 heterocycles. The standard InChI is InChI=1S/C42H63O6P3/c1-4-19-31-22(10-1)43-25-13-7-16-28-37(25)49(31)40-34(46-28)41-36(48-30-18-9-15-27-39(30)51(41)33-21-6-3-12-24(33)45-27)42-35(40)47-29-17-8-14-26-38(29)50(42)32-20-5-2-11-23(32)44-26/h22-42H,1-21H2. The van der Waals surface area contributed by atoms with Crippen LogP contribution in [0.25, 0.3) is 0 Å². The molecule has 13 aliphatic rings. The third kappa shape index (κ3) is 4.79. The van der Waals surface area contributed by atoms with Crippen molar-refractivity contribution < 1.29 is 28.4 Å². The Morgan fingerprint density at radius 2 is 0.490 bits per heavy atom.